The van der Waals surface area contributed by atoms with Crippen molar-refractivity contribution in [3.63, 3.8) is 0 Å². The van der Waals surface area contributed by atoms with Crippen LogP contribution in [0.15, 0.2) is 18.2 Å². The Morgan fingerprint density at radius 3 is 2.48 bits per heavy atom. The third-order valence-corrected chi connectivity index (χ3v) is 6.54. The molecule has 0 spiro atoms. The van der Waals surface area contributed by atoms with Gasteiger partial charge in [0, 0.05) is 42.8 Å². The van der Waals surface area contributed by atoms with Crippen LogP contribution in [0.2, 0.25) is 0 Å². The molecule has 2 aliphatic rings. The minimum atomic E-state index is -0.0362. The second kappa shape index (κ2) is 11.6. The minimum Gasteiger partial charge on any atom is -0.379 e. The molecule has 0 radical (unpaired) electrons. The first-order valence-electron chi connectivity index (χ1n) is 11.6. The van der Waals surface area contributed by atoms with Crippen molar-refractivity contribution in [3.05, 3.63) is 34.9 Å². The van der Waals surface area contributed by atoms with E-state index in [2.05, 4.69) is 53.1 Å². The SMILES string of the molecule is CCN(NC(=O)c1cc(C#CCN2CCOCC2)ccc1C)[C@H]1CC[C@H](N(C)C)CC1. The highest BCUT2D eigenvalue weighted by Gasteiger charge is 2.27. The standard InChI is InChI=1S/C25H38N4O2/c1-5-29(23-12-10-22(11-13-23)27(3)4)26-25(30)24-19-21(9-8-20(24)2)7-6-14-28-15-17-31-18-16-28/h8-9,19,22-23H,5,10-18H2,1-4H3,(H,26,30)/t22-,23-. The van der Waals surface area contributed by atoms with Gasteiger partial charge in [0.15, 0.2) is 0 Å². The first kappa shape index (κ1) is 23.7. The number of carbonyl (C=O) groups excluding carboxylic acids is 1. The van der Waals surface area contributed by atoms with Crippen molar-refractivity contribution in [2.24, 2.45) is 0 Å². The van der Waals surface area contributed by atoms with E-state index in [0.29, 0.717) is 17.6 Å². The van der Waals surface area contributed by atoms with Crippen molar-refractivity contribution < 1.29 is 9.53 Å². The normalized spacial score (nSPS) is 22.3. The van der Waals surface area contributed by atoms with Crippen molar-refractivity contribution in [3.8, 4) is 11.8 Å². The summed E-state index contributed by atoms with van der Waals surface area (Å²) in [4.78, 5) is 17.7. The number of amides is 1. The summed E-state index contributed by atoms with van der Waals surface area (Å²) in [6, 6.07) is 6.97. The molecule has 3 rings (SSSR count). The van der Waals surface area contributed by atoms with Crippen LogP contribution in [-0.4, -0.2) is 86.3 Å². The second-order valence-corrected chi connectivity index (χ2v) is 8.87. The van der Waals surface area contributed by atoms with Gasteiger partial charge in [-0.1, -0.05) is 24.8 Å². The number of hydrogen-bond acceptors (Lipinski definition) is 5. The molecule has 31 heavy (non-hydrogen) atoms. The van der Waals surface area contributed by atoms with Crippen molar-refractivity contribution in [2.75, 3.05) is 53.5 Å². The van der Waals surface area contributed by atoms with E-state index in [1.165, 1.54) is 12.8 Å². The van der Waals surface area contributed by atoms with Crippen LogP contribution in [0, 0.1) is 18.8 Å². The molecular formula is C25H38N4O2. The van der Waals surface area contributed by atoms with Gasteiger partial charge in [0.2, 0.25) is 0 Å². The van der Waals surface area contributed by atoms with E-state index in [1.807, 2.05) is 25.1 Å². The number of nitrogens with zero attached hydrogens (tertiary/aromatic N) is 3. The molecule has 1 aliphatic carbocycles. The topological polar surface area (TPSA) is 48.1 Å². The summed E-state index contributed by atoms with van der Waals surface area (Å²) in [5.74, 6) is 6.44. The summed E-state index contributed by atoms with van der Waals surface area (Å²) < 4.78 is 5.38. The lowest BCUT2D eigenvalue weighted by atomic mass is 9.90. The number of carbonyl (C=O) groups is 1. The smallest absolute Gasteiger partial charge is 0.265 e. The van der Waals surface area contributed by atoms with Crippen LogP contribution in [0.1, 0.15) is 54.1 Å². The predicted molar refractivity (Wildman–Crippen MR) is 125 cm³/mol. The van der Waals surface area contributed by atoms with Crippen LogP contribution in [0.5, 0.6) is 0 Å². The van der Waals surface area contributed by atoms with Gasteiger partial charge in [0.05, 0.1) is 19.8 Å². The Morgan fingerprint density at radius 2 is 1.84 bits per heavy atom. The number of ether oxygens (including phenoxy) is 1. The van der Waals surface area contributed by atoms with E-state index in [-0.39, 0.29) is 5.91 Å². The molecule has 1 heterocycles. The number of hydrogen-bond donors (Lipinski definition) is 1. The Morgan fingerprint density at radius 1 is 1.16 bits per heavy atom. The summed E-state index contributed by atoms with van der Waals surface area (Å²) in [7, 11) is 4.31. The quantitative estimate of drug-likeness (QED) is 0.560. The summed E-state index contributed by atoms with van der Waals surface area (Å²) in [6.45, 7) is 9.05. The van der Waals surface area contributed by atoms with Gasteiger partial charge in [0.25, 0.3) is 5.91 Å². The van der Waals surface area contributed by atoms with E-state index in [9.17, 15) is 4.79 Å². The lowest BCUT2D eigenvalue weighted by Crippen LogP contribution is -2.51. The van der Waals surface area contributed by atoms with Gasteiger partial charge in [-0.2, -0.15) is 0 Å². The first-order chi connectivity index (χ1) is 15.0. The Bertz CT molecular complexity index is 784. The fraction of sp³-hybridized carbons (Fsp3) is 0.640. The molecule has 1 saturated heterocycles. The lowest BCUT2D eigenvalue weighted by molar-refractivity contribution is 0.0443. The first-order valence-corrected chi connectivity index (χ1v) is 11.6. The van der Waals surface area contributed by atoms with Gasteiger partial charge in [-0.05, 0) is 64.4 Å². The van der Waals surface area contributed by atoms with Gasteiger partial charge in [-0.25, -0.2) is 5.01 Å². The second-order valence-electron chi connectivity index (χ2n) is 8.87. The summed E-state index contributed by atoms with van der Waals surface area (Å²) in [6.07, 6.45) is 4.58. The average Bonchev–Trinajstić information content (AvgIpc) is 2.79. The Labute approximate surface area is 187 Å². The lowest BCUT2D eigenvalue weighted by Gasteiger charge is -2.38. The highest BCUT2D eigenvalue weighted by atomic mass is 16.5. The zero-order valence-corrected chi connectivity index (χ0v) is 19.6. The molecule has 1 aromatic rings. The molecule has 0 bridgehead atoms. The maximum atomic E-state index is 13.1. The molecule has 1 N–H and O–H groups in total. The molecular weight excluding hydrogens is 388 g/mol. The Hall–Kier alpha value is -1.91. The summed E-state index contributed by atoms with van der Waals surface area (Å²) in [5.41, 5.74) is 5.75. The van der Waals surface area contributed by atoms with Crippen LogP contribution in [0.4, 0.5) is 0 Å². The van der Waals surface area contributed by atoms with Crippen molar-refractivity contribution in [1.29, 1.82) is 0 Å². The van der Waals surface area contributed by atoms with Crippen LogP contribution < -0.4 is 5.43 Å². The summed E-state index contributed by atoms with van der Waals surface area (Å²) >= 11 is 0. The van der Waals surface area contributed by atoms with Crippen molar-refractivity contribution in [2.45, 2.75) is 51.6 Å². The largest absolute Gasteiger partial charge is 0.379 e. The van der Waals surface area contributed by atoms with E-state index in [1.54, 1.807) is 0 Å². The molecule has 0 aromatic heterocycles. The van der Waals surface area contributed by atoms with Gasteiger partial charge >= 0.3 is 0 Å². The molecule has 1 aromatic carbocycles. The molecule has 1 saturated carbocycles. The molecule has 6 heteroatoms. The van der Waals surface area contributed by atoms with Gasteiger partial charge in [-0.3, -0.25) is 15.1 Å². The number of benzene rings is 1. The number of hydrazine groups is 1. The molecule has 0 atom stereocenters. The zero-order chi connectivity index (χ0) is 22.2. The van der Waals surface area contributed by atoms with Crippen molar-refractivity contribution >= 4 is 5.91 Å². The highest BCUT2D eigenvalue weighted by molar-refractivity contribution is 5.95. The minimum absolute atomic E-state index is 0.0362. The number of rotatable bonds is 6. The highest BCUT2D eigenvalue weighted by Crippen LogP contribution is 2.25. The molecule has 6 nitrogen and oxygen atoms in total. The molecule has 2 fully saturated rings. The number of aryl methyl sites for hydroxylation is 1. The van der Waals surface area contributed by atoms with Crippen LogP contribution in [0.3, 0.4) is 0 Å². The fourth-order valence-corrected chi connectivity index (χ4v) is 4.46. The molecule has 170 valence electrons. The van der Waals surface area contributed by atoms with Crippen LogP contribution >= 0.6 is 0 Å². The maximum Gasteiger partial charge on any atom is 0.265 e. The maximum absolute atomic E-state index is 13.1. The van der Waals surface area contributed by atoms with E-state index in [4.69, 9.17) is 4.74 Å². The third-order valence-electron chi connectivity index (χ3n) is 6.54. The third kappa shape index (κ3) is 6.78. The van der Waals surface area contributed by atoms with Gasteiger partial charge in [0.1, 0.15) is 0 Å². The monoisotopic (exact) mass is 426 g/mol. The zero-order valence-electron chi connectivity index (χ0n) is 19.6. The number of morpholine rings is 1. The van der Waals surface area contributed by atoms with E-state index in [0.717, 1.165) is 63.4 Å². The van der Waals surface area contributed by atoms with E-state index < -0.39 is 0 Å². The Balaban J connectivity index is 1.60. The van der Waals surface area contributed by atoms with Crippen molar-refractivity contribution in [1.82, 2.24) is 20.2 Å². The average molecular weight is 427 g/mol. The van der Waals surface area contributed by atoms with Gasteiger partial charge < -0.3 is 9.64 Å². The molecule has 1 aliphatic heterocycles. The van der Waals surface area contributed by atoms with Gasteiger partial charge in [-0.15, -0.1) is 0 Å². The fourth-order valence-electron chi connectivity index (χ4n) is 4.46. The Kier molecular flexibility index (Phi) is 8.91. The van der Waals surface area contributed by atoms with E-state index >= 15 is 0 Å². The van der Waals surface area contributed by atoms with Crippen LogP contribution in [-0.2, 0) is 4.74 Å². The number of nitrogens with one attached hydrogen (secondary N) is 1. The summed E-state index contributed by atoms with van der Waals surface area (Å²) in [5, 5.41) is 2.13. The molecule has 0 unspecified atom stereocenters. The van der Waals surface area contributed by atoms with Crippen LogP contribution in [0.25, 0.3) is 0 Å². The predicted octanol–water partition coefficient (Wildman–Crippen LogP) is 2.52. The molecule has 1 amide bonds.